The molecule has 3 aromatic rings. The maximum Gasteiger partial charge on any atom is 0.407 e. The lowest BCUT2D eigenvalue weighted by Gasteiger charge is -2.41. The SMILES string of the molecule is CNC(=O)[C@@](Cc1ccccc1)(c1csc2ccccc12)N(C)C(=O)CCCNC(=O)OC(C)(C)C. The highest BCUT2D eigenvalue weighted by molar-refractivity contribution is 7.17. The predicted molar refractivity (Wildman–Crippen MR) is 144 cm³/mol. The van der Waals surface area contributed by atoms with Crippen LogP contribution in [0.15, 0.2) is 60.0 Å². The number of rotatable bonds is 9. The van der Waals surface area contributed by atoms with E-state index in [0.29, 0.717) is 19.4 Å². The molecule has 0 bridgehead atoms. The minimum absolute atomic E-state index is 0.169. The molecule has 0 saturated heterocycles. The van der Waals surface area contributed by atoms with Crippen LogP contribution in [0.1, 0.15) is 44.7 Å². The molecule has 2 aromatic carbocycles. The van der Waals surface area contributed by atoms with E-state index in [1.807, 2.05) is 60.0 Å². The van der Waals surface area contributed by atoms with Gasteiger partial charge < -0.3 is 20.3 Å². The molecular weight excluding hydrogens is 474 g/mol. The summed E-state index contributed by atoms with van der Waals surface area (Å²) in [6.45, 7) is 5.68. The Morgan fingerprint density at radius 1 is 1.00 bits per heavy atom. The third kappa shape index (κ3) is 6.23. The molecule has 36 heavy (non-hydrogen) atoms. The molecular formula is C28H35N3O4S. The normalized spacial score (nSPS) is 13.0. The second kappa shape index (κ2) is 11.6. The van der Waals surface area contributed by atoms with Gasteiger partial charge in [0.1, 0.15) is 5.60 Å². The van der Waals surface area contributed by atoms with Crippen molar-refractivity contribution in [2.75, 3.05) is 20.6 Å². The molecule has 0 spiro atoms. The number of likely N-dealkylation sites (N-methyl/N-ethyl adjacent to an activating group) is 2. The van der Waals surface area contributed by atoms with Gasteiger partial charge in [-0.1, -0.05) is 48.5 Å². The summed E-state index contributed by atoms with van der Waals surface area (Å²) in [4.78, 5) is 40.7. The highest BCUT2D eigenvalue weighted by Gasteiger charge is 2.47. The molecule has 0 aliphatic carbocycles. The number of hydrogen-bond acceptors (Lipinski definition) is 5. The lowest BCUT2D eigenvalue weighted by molar-refractivity contribution is -0.146. The number of fused-ring (bicyclic) bond motifs is 1. The largest absolute Gasteiger partial charge is 0.444 e. The molecule has 0 aliphatic rings. The van der Waals surface area contributed by atoms with Crippen LogP contribution in [0.5, 0.6) is 0 Å². The Bertz CT molecular complexity index is 1200. The van der Waals surface area contributed by atoms with E-state index >= 15 is 0 Å². The molecule has 0 aliphatic heterocycles. The molecule has 1 atom stereocenters. The first-order chi connectivity index (χ1) is 17.1. The zero-order valence-electron chi connectivity index (χ0n) is 21.6. The van der Waals surface area contributed by atoms with Crippen LogP contribution >= 0.6 is 11.3 Å². The lowest BCUT2D eigenvalue weighted by Crippen LogP contribution is -2.57. The van der Waals surface area contributed by atoms with E-state index in [9.17, 15) is 14.4 Å². The van der Waals surface area contributed by atoms with Crippen LogP contribution in [0, 0.1) is 0 Å². The quantitative estimate of drug-likeness (QED) is 0.404. The Balaban J connectivity index is 1.90. The maximum absolute atomic E-state index is 13.7. The molecule has 7 nitrogen and oxygen atoms in total. The number of nitrogens with zero attached hydrogens (tertiary/aromatic N) is 1. The van der Waals surface area contributed by atoms with E-state index in [1.54, 1.807) is 51.1 Å². The summed E-state index contributed by atoms with van der Waals surface area (Å²) in [5, 5.41) is 8.44. The van der Waals surface area contributed by atoms with Crippen molar-refractivity contribution >= 4 is 39.3 Å². The number of nitrogens with one attached hydrogen (secondary N) is 2. The number of hydrogen-bond donors (Lipinski definition) is 2. The molecule has 2 N–H and O–H groups in total. The summed E-state index contributed by atoms with van der Waals surface area (Å²) in [6.07, 6.45) is 0.396. The molecule has 1 heterocycles. The summed E-state index contributed by atoms with van der Waals surface area (Å²) in [7, 11) is 3.29. The summed E-state index contributed by atoms with van der Waals surface area (Å²) < 4.78 is 6.30. The zero-order valence-corrected chi connectivity index (χ0v) is 22.4. The first-order valence-corrected chi connectivity index (χ1v) is 12.9. The first-order valence-electron chi connectivity index (χ1n) is 12.0. The van der Waals surface area contributed by atoms with E-state index in [4.69, 9.17) is 4.74 Å². The number of carbonyl (C=O) groups is 3. The van der Waals surface area contributed by atoms with Crippen molar-refractivity contribution in [3.05, 3.63) is 71.1 Å². The Morgan fingerprint density at radius 2 is 1.67 bits per heavy atom. The Morgan fingerprint density at radius 3 is 2.33 bits per heavy atom. The average Bonchev–Trinajstić information content (AvgIpc) is 3.28. The van der Waals surface area contributed by atoms with Crippen LogP contribution < -0.4 is 10.6 Å². The van der Waals surface area contributed by atoms with Crippen molar-refractivity contribution in [3.8, 4) is 0 Å². The summed E-state index contributed by atoms with van der Waals surface area (Å²) in [5.74, 6) is -0.437. The molecule has 0 fully saturated rings. The van der Waals surface area contributed by atoms with Crippen LogP contribution in [-0.4, -0.2) is 49.0 Å². The molecule has 3 rings (SSSR count). The fraction of sp³-hybridized carbons (Fsp3) is 0.393. The van der Waals surface area contributed by atoms with Crippen LogP contribution in [-0.2, 0) is 26.3 Å². The molecule has 3 amide bonds. The van der Waals surface area contributed by atoms with Gasteiger partial charge in [0.15, 0.2) is 5.54 Å². The number of alkyl carbamates (subject to hydrolysis) is 1. The van der Waals surface area contributed by atoms with Crippen molar-refractivity contribution in [2.45, 2.75) is 51.2 Å². The van der Waals surface area contributed by atoms with Crippen molar-refractivity contribution in [1.29, 1.82) is 0 Å². The second-order valence-corrected chi connectivity index (χ2v) is 10.6. The molecule has 0 unspecified atom stereocenters. The van der Waals surface area contributed by atoms with E-state index in [0.717, 1.165) is 21.2 Å². The number of benzene rings is 2. The molecule has 192 valence electrons. The van der Waals surface area contributed by atoms with Crippen molar-refractivity contribution in [2.24, 2.45) is 0 Å². The van der Waals surface area contributed by atoms with Gasteiger partial charge in [-0.05, 0) is 49.6 Å². The molecule has 0 radical (unpaired) electrons. The van der Waals surface area contributed by atoms with Crippen LogP contribution in [0.3, 0.4) is 0 Å². The minimum atomic E-state index is -1.24. The van der Waals surface area contributed by atoms with Crippen molar-refractivity contribution in [1.82, 2.24) is 15.5 Å². The summed E-state index contributed by atoms with van der Waals surface area (Å²) in [5.41, 5.74) is -0.0871. The van der Waals surface area contributed by atoms with Crippen LogP contribution in [0.4, 0.5) is 4.79 Å². The third-order valence-corrected chi connectivity index (χ3v) is 6.98. The first kappa shape index (κ1) is 27.2. The van der Waals surface area contributed by atoms with Crippen LogP contribution in [0.25, 0.3) is 10.1 Å². The fourth-order valence-electron chi connectivity index (χ4n) is 4.27. The summed E-state index contributed by atoms with van der Waals surface area (Å²) >= 11 is 1.56. The fourth-order valence-corrected chi connectivity index (χ4v) is 5.30. The molecule has 0 saturated carbocycles. The van der Waals surface area contributed by atoms with E-state index < -0.39 is 17.2 Å². The monoisotopic (exact) mass is 509 g/mol. The third-order valence-electron chi connectivity index (χ3n) is 6.01. The van der Waals surface area contributed by atoms with Gasteiger partial charge in [0.05, 0.1) is 0 Å². The molecule has 8 heteroatoms. The van der Waals surface area contributed by atoms with Crippen molar-refractivity contribution < 1.29 is 19.1 Å². The number of amides is 3. The van der Waals surface area contributed by atoms with Gasteiger partial charge in [-0.25, -0.2) is 4.79 Å². The maximum atomic E-state index is 13.7. The number of carbonyl (C=O) groups excluding carboxylic acids is 3. The predicted octanol–water partition coefficient (Wildman–Crippen LogP) is 4.85. The van der Waals surface area contributed by atoms with Gasteiger partial charge in [-0.15, -0.1) is 11.3 Å². The van der Waals surface area contributed by atoms with Crippen LogP contribution in [0.2, 0.25) is 0 Å². The van der Waals surface area contributed by atoms with Gasteiger partial charge in [0.25, 0.3) is 5.91 Å². The van der Waals surface area contributed by atoms with Gasteiger partial charge in [-0.2, -0.15) is 0 Å². The second-order valence-electron chi connectivity index (χ2n) is 9.73. The topological polar surface area (TPSA) is 87.7 Å². The van der Waals surface area contributed by atoms with E-state index in [1.165, 1.54) is 0 Å². The van der Waals surface area contributed by atoms with E-state index in [-0.39, 0.29) is 18.2 Å². The zero-order chi connectivity index (χ0) is 26.3. The van der Waals surface area contributed by atoms with E-state index in [2.05, 4.69) is 10.6 Å². The minimum Gasteiger partial charge on any atom is -0.444 e. The smallest absolute Gasteiger partial charge is 0.407 e. The Hall–Kier alpha value is -3.39. The number of ether oxygens (including phenoxy) is 1. The standard InChI is InChI=1S/C28H35N3O4S/c1-27(2,3)35-26(34)30-17-11-16-24(32)31(5)28(25(33)29-4,18-20-12-7-6-8-13-20)22-19-36-23-15-10-9-14-21(22)23/h6-10,12-15,19H,11,16-18H2,1-5H3,(H,29,33)(H,30,34)/t28-/m1/s1. The molecule has 1 aromatic heterocycles. The Labute approximate surface area is 216 Å². The van der Waals surface area contributed by atoms with Crippen molar-refractivity contribution in [3.63, 3.8) is 0 Å². The highest BCUT2D eigenvalue weighted by Crippen LogP contribution is 2.40. The summed E-state index contributed by atoms with van der Waals surface area (Å²) in [6, 6.07) is 17.6. The van der Waals surface area contributed by atoms with Gasteiger partial charge in [-0.3, -0.25) is 9.59 Å². The lowest BCUT2D eigenvalue weighted by atomic mass is 9.80. The highest BCUT2D eigenvalue weighted by atomic mass is 32.1. The van der Waals surface area contributed by atoms with Gasteiger partial charge in [0.2, 0.25) is 5.91 Å². The average molecular weight is 510 g/mol. The number of thiophene rings is 1. The van der Waals surface area contributed by atoms with Gasteiger partial charge in [0, 0.05) is 43.7 Å². The van der Waals surface area contributed by atoms with Gasteiger partial charge >= 0.3 is 6.09 Å². The Kier molecular flexibility index (Phi) is 8.74.